The quantitative estimate of drug-likeness (QED) is 0.268. The van der Waals surface area contributed by atoms with Crippen molar-refractivity contribution in [3.8, 4) is 17.2 Å². The monoisotopic (exact) mass is 555 g/mol. The molecule has 0 atom stereocenters. The Labute approximate surface area is 232 Å². The summed E-state index contributed by atoms with van der Waals surface area (Å²) in [5.74, 6) is 1.55. The Balaban J connectivity index is 1.83. The number of ether oxygens (including phenoxy) is 3. The van der Waals surface area contributed by atoms with Gasteiger partial charge < -0.3 is 24.0 Å². The number of unbranched alkanes of at least 4 members (excludes halogenated alkanes) is 1. The van der Waals surface area contributed by atoms with Crippen LogP contribution in [-0.4, -0.2) is 71.3 Å². The molecule has 0 aliphatic carbocycles. The topological polar surface area (TPSA) is 81.2 Å². The Morgan fingerprint density at radius 2 is 1.69 bits per heavy atom. The van der Waals surface area contributed by atoms with E-state index in [4.69, 9.17) is 14.2 Å². The average molecular weight is 556 g/mol. The van der Waals surface area contributed by atoms with Gasteiger partial charge in [0, 0.05) is 36.8 Å². The molecule has 1 fully saturated rings. The second-order valence-corrected chi connectivity index (χ2v) is 11.7. The number of hydrogen-bond donors (Lipinski definition) is 0. The van der Waals surface area contributed by atoms with Crippen molar-refractivity contribution < 1.29 is 22.6 Å². The summed E-state index contributed by atoms with van der Waals surface area (Å²) in [7, 11) is -0.907. The van der Waals surface area contributed by atoms with Crippen molar-refractivity contribution in [1.29, 1.82) is 0 Å². The van der Waals surface area contributed by atoms with Gasteiger partial charge in [-0.2, -0.15) is 0 Å². The van der Waals surface area contributed by atoms with Gasteiger partial charge in [0.25, 0.3) is 0 Å². The largest absolute Gasteiger partial charge is 0.494 e. The summed E-state index contributed by atoms with van der Waals surface area (Å²) in [5, 5.41) is 0.784. The molecule has 2 heterocycles. The molecule has 1 saturated heterocycles. The van der Waals surface area contributed by atoms with Crippen LogP contribution in [0, 0.1) is 0 Å². The maximum Gasteiger partial charge on any atom is 0.210 e. The molecule has 212 valence electrons. The Kier molecular flexibility index (Phi) is 9.56. The summed E-state index contributed by atoms with van der Waals surface area (Å²) >= 11 is 0. The lowest BCUT2D eigenvalue weighted by Gasteiger charge is -2.39. The van der Waals surface area contributed by atoms with Crippen LogP contribution >= 0.6 is 0 Å². The van der Waals surface area contributed by atoms with Crippen LogP contribution in [-0.2, 0) is 9.84 Å². The van der Waals surface area contributed by atoms with Crippen molar-refractivity contribution in [2.45, 2.75) is 62.3 Å². The molecule has 0 radical (unpaired) electrons. The number of aromatic nitrogens is 1. The molecule has 4 rings (SSSR count). The second kappa shape index (κ2) is 12.9. The predicted molar refractivity (Wildman–Crippen MR) is 155 cm³/mol. The fraction of sp³-hybridized carbons (Fsp3) is 0.500. The maximum atomic E-state index is 14.2. The highest BCUT2D eigenvalue weighted by atomic mass is 32.2. The van der Waals surface area contributed by atoms with Crippen molar-refractivity contribution in [3.05, 3.63) is 42.6 Å². The van der Waals surface area contributed by atoms with Crippen LogP contribution in [0.25, 0.3) is 10.9 Å². The van der Waals surface area contributed by atoms with Gasteiger partial charge in [0.05, 0.1) is 36.9 Å². The number of hydrogen-bond acceptors (Lipinski definition) is 8. The van der Waals surface area contributed by atoms with E-state index in [0.29, 0.717) is 29.8 Å². The molecule has 1 aliphatic heterocycles. The molecule has 0 amide bonds. The third kappa shape index (κ3) is 6.09. The van der Waals surface area contributed by atoms with Gasteiger partial charge in [-0.25, -0.2) is 8.42 Å². The Bertz CT molecular complexity index is 1370. The van der Waals surface area contributed by atoms with Crippen molar-refractivity contribution in [2.75, 3.05) is 51.9 Å². The number of methoxy groups -OCH3 is 2. The van der Waals surface area contributed by atoms with Gasteiger partial charge in [0.2, 0.25) is 9.84 Å². The van der Waals surface area contributed by atoms with Gasteiger partial charge in [-0.15, -0.1) is 0 Å². The molecule has 2 aromatic carbocycles. The number of rotatable bonds is 12. The van der Waals surface area contributed by atoms with E-state index in [1.165, 1.54) is 26.5 Å². The summed E-state index contributed by atoms with van der Waals surface area (Å²) in [6.45, 7) is 10.7. The van der Waals surface area contributed by atoms with Gasteiger partial charge >= 0.3 is 0 Å². The summed E-state index contributed by atoms with van der Waals surface area (Å²) in [5.41, 5.74) is 1.43. The highest BCUT2D eigenvalue weighted by Crippen LogP contribution is 2.40. The smallest absolute Gasteiger partial charge is 0.210 e. The lowest BCUT2D eigenvalue weighted by atomic mass is 10.0. The molecular formula is C30H41N3O5S. The first-order chi connectivity index (χ1) is 18.9. The molecule has 1 aromatic heterocycles. The highest BCUT2D eigenvalue weighted by Gasteiger charge is 2.31. The normalized spacial score (nSPS) is 14.7. The first kappa shape index (κ1) is 29.0. The molecule has 39 heavy (non-hydrogen) atoms. The standard InChI is InChI=1S/C30H41N3O5S/c1-6-9-18-38-23-10-12-26-25(19-23)30(33-16-14-22(15-17-33)32(7-2)8-3)29(21-31-26)39(34,35)24-11-13-27(36-4)28(20-24)37-5/h10-13,19-22H,6-9,14-18H2,1-5H3. The number of fused-ring (bicyclic) bond motifs is 1. The van der Waals surface area contributed by atoms with E-state index in [1.54, 1.807) is 12.1 Å². The van der Waals surface area contributed by atoms with E-state index >= 15 is 0 Å². The summed E-state index contributed by atoms with van der Waals surface area (Å²) < 4.78 is 45.1. The predicted octanol–water partition coefficient (Wildman–Crippen LogP) is 5.57. The molecule has 0 bridgehead atoms. The maximum absolute atomic E-state index is 14.2. The van der Waals surface area contributed by atoms with Crippen molar-refractivity contribution in [3.63, 3.8) is 0 Å². The Morgan fingerprint density at radius 1 is 0.974 bits per heavy atom. The SMILES string of the molecule is CCCCOc1ccc2ncc(S(=O)(=O)c3ccc(OC)c(OC)c3)c(N3CCC(N(CC)CC)CC3)c2c1. The van der Waals surface area contributed by atoms with Crippen LogP contribution in [0.5, 0.6) is 17.2 Å². The molecular weight excluding hydrogens is 514 g/mol. The Hall–Kier alpha value is -3.04. The van der Waals surface area contributed by atoms with Crippen LogP contribution in [0.15, 0.2) is 52.4 Å². The molecule has 0 unspecified atom stereocenters. The van der Waals surface area contributed by atoms with Crippen LogP contribution in [0.3, 0.4) is 0 Å². The van der Waals surface area contributed by atoms with Crippen LogP contribution < -0.4 is 19.1 Å². The van der Waals surface area contributed by atoms with Gasteiger partial charge in [0.15, 0.2) is 11.5 Å². The van der Waals surface area contributed by atoms with Crippen molar-refractivity contribution in [1.82, 2.24) is 9.88 Å². The lowest BCUT2D eigenvalue weighted by Crippen LogP contribution is -2.45. The average Bonchev–Trinajstić information content (AvgIpc) is 2.97. The highest BCUT2D eigenvalue weighted by molar-refractivity contribution is 7.91. The molecule has 3 aromatic rings. The third-order valence-corrected chi connectivity index (χ3v) is 9.36. The lowest BCUT2D eigenvalue weighted by molar-refractivity contribution is 0.186. The summed E-state index contributed by atoms with van der Waals surface area (Å²) in [6.07, 6.45) is 5.42. The fourth-order valence-corrected chi connectivity index (χ4v) is 6.84. The van der Waals surface area contributed by atoms with Crippen LogP contribution in [0.4, 0.5) is 5.69 Å². The van der Waals surface area contributed by atoms with Gasteiger partial charge in [-0.1, -0.05) is 27.2 Å². The number of anilines is 1. The zero-order chi connectivity index (χ0) is 28.0. The van der Waals surface area contributed by atoms with E-state index in [9.17, 15) is 8.42 Å². The number of benzene rings is 2. The van der Waals surface area contributed by atoms with Gasteiger partial charge in [-0.05, 0) is 62.7 Å². The molecule has 0 saturated carbocycles. The van der Waals surface area contributed by atoms with Gasteiger partial charge in [-0.3, -0.25) is 4.98 Å². The number of nitrogens with zero attached hydrogens (tertiary/aromatic N) is 3. The van der Waals surface area contributed by atoms with Crippen molar-refractivity contribution >= 4 is 26.4 Å². The molecule has 0 spiro atoms. The molecule has 0 N–H and O–H groups in total. The Morgan fingerprint density at radius 3 is 2.33 bits per heavy atom. The zero-order valence-electron chi connectivity index (χ0n) is 23.8. The zero-order valence-corrected chi connectivity index (χ0v) is 24.6. The summed E-state index contributed by atoms with van der Waals surface area (Å²) in [6, 6.07) is 10.9. The molecule has 1 aliphatic rings. The van der Waals surface area contributed by atoms with Crippen LogP contribution in [0.1, 0.15) is 46.5 Å². The molecule has 9 heteroatoms. The first-order valence-corrected chi connectivity index (χ1v) is 15.4. The summed E-state index contributed by atoms with van der Waals surface area (Å²) in [4.78, 5) is 9.62. The molecule has 8 nitrogen and oxygen atoms in total. The third-order valence-electron chi connectivity index (χ3n) is 7.61. The number of piperidine rings is 1. The minimum atomic E-state index is -3.93. The fourth-order valence-electron chi connectivity index (χ4n) is 5.39. The minimum absolute atomic E-state index is 0.135. The van der Waals surface area contributed by atoms with E-state index in [0.717, 1.165) is 68.5 Å². The van der Waals surface area contributed by atoms with E-state index in [1.807, 2.05) is 18.2 Å². The van der Waals surface area contributed by atoms with E-state index in [-0.39, 0.29) is 9.79 Å². The van der Waals surface area contributed by atoms with Crippen LogP contribution in [0.2, 0.25) is 0 Å². The number of pyridine rings is 1. The first-order valence-electron chi connectivity index (χ1n) is 13.9. The minimum Gasteiger partial charge on any atom is -0.494 e. The second-order valence-electron chi connectivity index (χ2n) is 9.81. The van der Waals surface area contributed by atoms with E-state index in [2.05, 4.69) is 35.6 Å². The van der Waals surface area contributed by atoms with Gasteiger partial charge in [0.1, 0.15) is 10.6 Å². The van der Waals surface area contributed by atoms with E-state index < -0.39 is 9.84 Å². The van der Waals surface area contributed by atoms with Crippen molar-refractivity contribution in [2.24, 2.45) is 0 Å². The number of sulfone groups is 1.